The lowest BCUT2D eigenvalue weighted by molar-refractivity contribution is 0.303. The Morgan fingerprint density at radius 2 is 2.25 bits per heavy atom. The topological polar surface area (TPSA) is 35.2 Å². The molecule has 88 valence electrons. The molecule has 1 aliphatic rings. The van der Waals surface area contributed by atoms with Crippen molar-refractivity contribution in [1.82, 2.24) is 0 Å². The van der Waals surface area contributed by atoms with Crippen LogP contribution in [0.25, 0.3) is 0 Å². The van der Waals surface area contributed by atoms with Crippen LogP contribution in [0.3, 0.4) is 0 Å². The van der Waals surface area contributed by atoms with Gasteiger partial charge >= 0.3 is 0 Å². The van der Waals surface area contributed by atoms with Crippen LogP contribution < -0.4 is 10.5 Å². The van der Waals surface area contributed by atoms with Crippen LogP contribution in [0.5, 0.6) is 5.75 Å². The maximum absolute atomic E-state index is 5.92. The smallest absolute Gasteiger partial charge is 0.119 e. The molecule has 0 aromatic heterocycles. The fourth-order valence-corrected chi connectivity index (χ4v) is 1.71. The number of aryl methyl sites for hydroxylation is 1. The molecule has 0 bridgehead atoms. The van der Waals surface area contributed by atoms with E-state index in [2.05, 4.69) is 25.1 Å². The zero-order valence-corrected chi connectivity index (χ0v) is 9.99. The summed E-state index contributed by atoms with van der Waals surface area (Å²) in [7, 11) is 0. The summed E-state index contributed by atoms with van der Waals surface area (Å²) in [5.74, 6) is 1.02. The van der Waals surface area contributed by atoms with Crippen molar-refractivity contribution in [2.24, 2.45) is 5.73 Å². The lowest BCUT2D eigenvalue weighted by Gasteiger charge is -2.10. The highest BCUT2D eigenvalue weighted by Crippen LogP contribution is 2.27. The monoisotopic (exact) mass is 219 g/mol. The summed E-state index contributed by atoms with van der Waals surface area (Å²) in [5, 5.41) is 0. The normalized spacial score (nSPS) is 17.1. The van der Waals surface area contributed by atoms with Gasteiger partial charge in [-0.05, 0) is 49.8 Å². The van der Waals surface area contributed by atoms with Gasteiger partial charge in [0.05, 0.1) is 6.10 Å². The van der Waals surface area contributed by atoms with E-state index in [-0.39, 0.29) is 0 Å². The fraction of sp³-hybridized carbons (Fsp3) is 0.571. The van der Waals surface area contributed by atoms with Crippen LogP contribution in [0, 0.1) is 0 Å². The number of ether oxygens (including phenoxy) is 1. The average Bonchev–Trinajstić information content (AvgIpc) is 3.10. The van der Waals surface area contributed by atoms with Gasteiger partial charge in [-0.1, -0.05) is 19.1 Å². The van der Waals surface area contributed by atoms with E-state index in [0.717, 1.165) is 25.0 Å². The molecule has 2 rings (SSSR count). The Balaban J connectivity index is 1.87. The lowest BCUT2D eigenvalue weighted by Crippen LogP contribution is -2.19. The molecule has 2 N–H and O–H groups in total. The molecule has 0 saturated heterocycles. The average molecular weight is 219 g/mol. The van der Waals surface area contributed by atoms with Gasteiger partial charge in [-0.3, -0.25) is 0 Å². The molecule has 1 aromatic rings. The molecule has 1 atom stereocenters. The molecule has 0 amide bonds. The van der Waals surface area contributed by atoms with Crippen molar-refractivity contribution < 1.29 is 4.74 Å². The molecule has 1 aromatic carbocycles. The van der Waals surface area contributed by atoms with Crippen LogP contribution in [0.4, 0.5) is 0 Å². The number of benzene rings is 1. The van der Waals surface area contributed by atoms with E-state index in [1.54, 1.807) is 0 Å². The number of hydrogen-bond donors (Lipinski definition) is 1. The van der Waals surface area contributed by atoms with Crippen molar-refractivity contribution in [3.8, 4) is 5.75 Å². The van der Waals surface area contributed by atoms with Crippen molar-refractivity contribution in [2.45, 2.75) is 51.2 Å². The molecule has 2 heteroatoms. The van der Waals surface area contributed by atoms with Crippen LogP contribution in [0.1, 0.15) is 38.2 Å². The van der Waals surface area contributed by atoms with Crippen molar-refractivity contribution in [3.63, 3.8) is 0 Å². The Hall–Kier alpha value is -1.02. The van der Waals surface area contributed by atoms with Gasteiger partial charge < -0.3 is 10.5 Å². The summed E-state index contributed by atoms with van der Waals surface area (Å²) in [6, 6.07) is 8.75. The second-order valence-corrected chi connectivity index (χ2v) is 4.67. The summed E-state index contributed by atoms with van der Waals surface area (Å²) in [5.41, 5.74) is 7.25. The summed E-state index contributed by atoms with van der Waals surface area (Å²) >= 11 is 0. The van der Waals surface area contributed by atoms with Crippen molar-refractivity contribution in [2.75, 3.05) is 0 Å². The minimum absolute atomic E-state index is 0.327. The Morgan fingerprint density at radius 3 is 2.94 bits per heavy atom. The minimum atomic E-state index is 0.327. The summed E-state index contributed by atoms with van der Waals surface area (Å²) in [6.07, 6.45) is 6.07. The third-order valence-electron chi connectivity index (χ3n) is 3.05. The highest BCUT2D eigenvalue weighted by molar-refractivity contribution is 5.29. The fourth-order valence-electron chi connectivity index (χ4n) is 1.71. The zero-order chi connectivity index (χ0) is 11.4. The second-order valence-electron chi connectivity index (χ2n) is 4.67. The first-order valence-electron chi connectivity index (χ1n) is 6.29. The predicted octanol–water partition coefficient (Wildman–Crippen LogP) is 2.90. The first kappa shape index (κ1) is 11.5. The standard InChI is InChI=1S/C14H21NO/c1-2-12(15)7-6-11-4-3-5-14(10-11)16-13-8-9-13/h3-5,10,12-13H,2,6-9,15H2,1H3. The Labute approximate surface area is 97.8 Å². The van der Waals surface area contributed by atoms with E-state index in [9.17, 15) is 0 Å². The van der Waals surface area contributed by atoms with E-state index in [4.69, 9.17) is 10.5 Å². The molecule has 0 spiro atoms. The van der Waals surface area contributed by atoms with Gasteiger partial charge in [-0.2, -0.15) is 0 Å². The zero-order valence-electron chi connectivity index (χ0n) is 9.99. The molecule has 0 aliphatic heterocycles. The van der Waals surface area contributed by atoms with E-state index in [1.807, 2.05) is 6.07 Å². The van der Waals surface area contributed by atoms with Crippen LogP contribution in [-0.4, -0.2) is 12.1 Å². The van der Waals surface area contributed by atoms with Gasteiger partial charge in [0.2, 0.25) is 0 Å². The van der Waals surface area contributed by atoms with E-state index < -0.39 is 0 Å². The van der Waals surface area contributed by atoms with E-state index >= 15 is 0 Å². The predicted molar refractivity (Wildman–Crippen MR) is 66.7 cm³/mol. The SMILES string of the molecule is CCC(N)CCc1cccc(OC2CC2)c1. The summed E-state index contributed by atoms with van der Waals surface area (Å²) in [4.78, 5) is 0. The highest BCUT2D eigenvalue weighted by Gasteiger charge is 2.23. The first-order chi connectivity index (χ1) is 7.78. The molecule has 1 aliphatic carbocycles. The van der Waals surface area contributed by atoms with Gasteiger partial charge in [0.15, 0.2) is 0 Å². The van der Waals surface area contributed by atoms with Crippen LogP contribution in [-0.2, 0) is 6.42 Å². The lowest BCUT2D eigenvalue weighted by atomic mass is 10.0. The molecule has 0 heterocycles. The van der Waals surface area contributed by atoms with Crippen molar-refractivity contribution in [1.29, 1.82) is 0 Å². The van der Waals surface area contributed by atoms with Crippen molar-refractivity contribution >= 4 is 0 Å². The molecule has 2 nitrogen and oxygen atoms in total. The molecule has 0 radical (unpaired) electrons. The van der Waals surface area contributed by atoms with E-state index in [1.165, 1.54) is 18.4 Å². The van der Waals surface area contributed by atoms with Crippen LogP contribution in [0.15, 0.2) is 24.3 Å². The molecular formula is C14H21NO. The maximum Gasteiger partial charge on any atom is 0.119 e. The van der Waals surface area contributed by atoms with Crippen LogP contribution in [0.2, 0.25) is 0 Å². The second kappa shape index (κ2) is 5.35. The number of hydrogen-bond acceptors (Lipinski definition) is 2. The molecule has 1 saturated carbocycles. The quantitative estimate of drug-likeness (QED) is 0.798. The van der Waals surface area contributed by atoms with Gasteiger partial charge in [-0.15, -0.1) is 0 Å². The summed E-state index contributed by atoms with van der Waals surface area (Å²) in [6.45, 7) is 2.14. The highest BCUT2D eigenvalue weighted by atomic mass is 16.5. The van der Waals surface area contributed by atoms with Crippen LogP contribution >= 0.6 is 0 Å². The third-order valence-corrected chi connectivity index (χ3v) is 3.05. The number of rotatable bonds is 6. The van der Waals surface area contributed by atoms with Gasteiger partial charge in [0.25, 0.3) is 0 Å². The molecule has 16 heavy (non-hydrogen) atoms. The first-order valence-corrected chi connectivity index (χ1v) is 6.29. The maximum atomic E-state index is 5.92. The molecule has 1 fully saturated rings. The minimum Gasteiger partial charge on any atom is -0.490 e. The Bertz CT molecular complexity index is 333. The Morgan fingerprint density at radius 1 is 1.44 bits per heavy atom. The third kappa shape index (κ3) is 3.53. The van der Waals surface area contributed by atoms with Gasteiger partial charge in [0.1, 0.15) is 5.75 Å². The summed E-state index contributed by atoms with van der Waals surface area (Å²) < 4.78 is 5.77. The van der Waals surface area contributed by atoms with Gasteiger partial charge in [-0.25, -0.2) is 0 Å². The number of nitrogens with two attached hydrogens (primary N) is 1. The Kier molecular flexibility index (Phi) is 3.83. The molecule has 1 unspecified atom stereocenters. The largest absolute Gasteiger partial charge is 0.490 e. The van der Waals surface area contributed by atoms with Crippen molar-refractivity contribution in [3.05, 3.63) is 29.8 Å². The van der Waals surface area contributed by atoms with Gasteiger partial charge in [0, 0.05) is 6.04 Å². The molecular weight excluding hydrogens is 198 g/mol. The van der Waals surface area contributed by atoms with E-state index in [0.29, 0.717) is 12.1 Å².